The van der Waals surface area contributed by atoms with Crippen molar-refractivity contribution in [2.75, 3.05) is 5.33 Å². The molecule has 76 valence electrons. The molecule has 0 saturated heterocycles. The van der Waals surface area contributed by atoms with Crippen molar-refractivity contribution in [3.63, 3.8) is 0 Å². The summed E-state index contributed by atoms with van der Waals surface area (Å²) >= 11 is 8.86. The molecule has 1 N–H and O–H groups in total. The first-order valence-corrected chi connectivity index (χ1v) is 5.63. The Balaban J connectivity index is 2.90. The summed E-state index contributed by atoms with van der Waals surface area (Å²) in [7, 11) is 0. The number of aliphatic hydroxyl groups is 1. The van der Waals surface area contributed by atoms with Crippen molar-refractivity contribution in [3.05, 3.63) is 34.3 Å². The third-order valence-electron chi connectivity index (χ3n) is 1.88. The molecule has 0 unspecified atom stereocenters. The van der Waals surface area contributed by atoms with E-state index in [-0.39, 0.29) is 12.4 Å². The quantitative estimate of drug-likeness (QED) is 0.858. The molecule has 0 aliphatic carbocycles. The highest BCUT2D eigenvalue weighted by Gasteiger charge is 2.06. The molecule has 0 heterocycles. The first-order valence-electron chi connectivity index (χ1n) is 4.13. The molecule has 14 heavy (non-hydrogen) atoms. The minimum Gasteiger partial charge on any atom is -0.392 e. The SMILES string of the molecule is O=C(CBr)Cc1ccc(Cl)cc1CO. The highest BCUT2D eigenvalue weighted by atomic mass is 79.9. The molecule has 2 nitrogen and oxygen atoms in total. The summed E-state index contributed by atoms with van der Waals surface area (Å²) in [5.74, 6) is 0.0852. The molecule has 0 aliphatic rings. The van der Waals surface area contributed by atoms with Crippen LogP contribution in [0.25, 0.3) is 0 Å². The number of carbonyl (C=O) groups is 1. The van der Waals surface area contributed by atoms with Gasteiger partial charge in [-0.15, -0.1) is 0 Å². The van der Waals surface area contributed by atoms with Crippen LogP contribution in [0.1, 0.15) is 11.1 Å². The van der Waals surface area contributed by atoms with Crippen LogP contribution in [-0.2, 0) is 17.8 Å². The fourth-order valence-corrected chi connectivity index (χ4v) is 1.57. The van der Waals surface area contributed by atoms with Crippen LogP contribution in [0.3, 0.4) is 0 Å². The number of carbonyl (C=O) groups excluding carboxylic acids is 1. The van der Waals surface area contributed by atoms with Crippen molar-refractivity contribution in [1.29, 1.82) is 0 Å². The number of hydrogen-bond acceptors (Lipinski definition) is 2. The lowest BCUT2D eigenvalue weighted by Gasteiger charge is -2.06. The van der Waals surface area contributed by atoms with Gasteiger partial charge in [0.15, 0.2) is 0 Å². The van der Waals surface area contributed by atoms with E-state index >= 15 is 0 Å². The summed E-state index contributed by atoms with van der Waals surface area (Å²) in [5, 5.41) is 9.95. The van der Waals surface area contributed by atoms with Crippen molar-refractivity contribution in [2.24, 2.45) is 0 Å². The van der Waals surface area contributed by atoms with Crippen LogP contribution in [0.4, 0.5) is 0 Å². The van der Waals surface area contributed by atoms with Gasteiger partial charge in [0.25, 0.3) is 0 Å². The van der Waals surface area contributed by atoms with E-state index < -0.39 is 0 Å². The Hall–Kier alpha value is -0.380. The molecule has 0 atom stereocenters. The first kappa shape index (κ1) is 11.7. The zero-order chi connectivity index (χ0) is 10.6. The Labute approximate surface area is 96.0 Å². The molecule has 4 heteroatoms. The summed E-state index contributed by atoms with van der Waals surface area (Å²) in [6.45, 7) is -0.0918. The fraction of sp³-hybridized carbons (Fsp3) is 0.300. The second-order valence-corrected chi connectivity index (χ2v) is 3.92. The first-order chi connectivity index (χ1) is 6.67. The average molecular weight is 278 g/mol. The van der Waals surface area contributed by atoms with Crippen molar-refractivity contribution in [1.82, 2.24) is 0 Å². The molecule has 0 radical (unpaired) electrons. The van der Waals surface area contributed by atoms with E-state index in [2.05, 4.69) is 15.9 Å². The Bertz CT molecular complexity index is 339. The van der Waals surface area contributed by atoms with Crippen LogP contribution in [0.5, 0.6) is 0 Å². The lowest BCUT2D eigenvalue weighted by molar-refractivity contribution is -0.115. The van der Waals surface area contributed by atoms with Crippen LogP contribution < -0.4 is 0 Å². The van der Waals surface area contributed by atoms with E-state index in [4.69, 9.17) is 16.7 Å². The standard InChI is InChI=1S/C10H10BrClO2/c11-5-10(14)4-7-1-2-9(12)3-8(7)6-13/h1-3,13H,4-6H2. The van der Waals surface area contributed by atoms with Gasteiger partial charge in [-0.25, -0.2) is 0 Å². The molecule has 0 saturated carbocycles. The maximum atomic E-state index is 11.2. The van der Waals surface area contributed by atoms with Gasteiger partial charge >= 0.3 is 0 Å². The van der Waals surface area contributed by atoms with Gasteiger partial charge in [-0.3, -0.25) is 4.79 Å². The van der Waals surface area contributed by atoms with Crippen LogP contribution >= 0.6 is 27.5 Å². The lowest BCUT2D eigenvalue weighted by Crippen LogP contribution is -2.06. The highest BCUT2D eigenvalue weighted by Crippen LogP contribution is 2.17. The molecule has 0 amide bonds. The zero-order valence-corrected chi connectivity index (χ0v) is 9.81. The van der Waals surface area contributed by atoms with Crippen LogP contribution in [0, 0.1) is 0 Å². The molecule has 0 fully saturated rings. The minimum absolute atomic E-state index is 0.0852. The second kappa shape index (κ2) is 5.49. The molecule has 0 spiro atoms. The van der Waals surface area contributed by atoms with E-state index in [1.165, 1.54) is 0 Å². The van der Waals surface area contributed by atoms with Crippen LogP contribution in [0.2, 0.25) is 5.02 Å². The summed E-state index contributed by atoms with van der Waals surface area (Å²) < 4.78 is 0. The predicted molar refractivity (Wildman–Crippen MR) is 59.9 cm³/mol. The fourth-order valence-electron chi connectivity index (χ4n) is 1.17. The monoisotopic (exact) mass is 276 g/mol. The number of Topliss-reactive ketones (excluding diaryl/α,β-unsaturated/α-hetero) is 1. The zero-order valence-electron chi connectivity index (χ0n) is 7.46. The Morgan fingerprint density at radius 3 is 2.71 bits per heavy atom. The number of aliphatic hydroxyl groups excluding tert-OH is 1. The van der Waals surface area contributed by atoms with Crippen molar-refractivity contribution >= 4 is 33.3 Å². The molecule has 1 aromatic carbocycles. The van der Waals surface area contributed by atoms with Crippen LogP contribution in [0.15, 0.2) is 18.2 Å². The molecular weight excluding hydrogens is 267 g/mol. The third-order valence-corrected chi connectivity index (χ3v) is 2.74. The Morgan fingerprint density at radius 1 is 1.43 bits per heavy atom. The van der Waals surface area contributed by atoms with E-state index in [0.29, 0.717) is 22.3 Å². The largest absolute Gasteiger partial charge is 0.392 e. The molecule has 1 aromatic rings. The van der Waals surface area contributed by atoms with Gasteiger partial charge in [-0.05, 0) is 23.3 Å². The number of halogens is 2. The minimum atomic E-state index is -0.0918. The Morgan fingerprint density at radius 2 is 2.14 bits per heavy atom. The van der Waals surface area contributed by atoms with Gasteiger partial charge in [-0.2, -0.15) is 0 Å². The molecular formula is C10H10BrClO2. The Kier molecular flexibility index (Phi) is 4.58. The second-order valence-electron chi connectivity index (χ2n) is 2.92. The van der Waals surface area contributed by atoms with E-state index in [1.807, 2.05) is 0 Å². The molecule has 0 aromatic heterocycles. The summed E-state index contributed by atoms with van der Waals surface area (Å²) in [5.41, 5.74) is 1.55. The molecule has 0 aliphatic heterocycles. The topological polar surface area (TPSA) is 37.3 Å². The van der Waals surface area contributed by atoms with Crippen molar-refractivity contribution in [2.45, 2.75) is 13.0 Å². The van der Waals surface area contributed by atoms with Gasteiger partial charge in [0.05, 0.1) is 11.9 Å². The van der Waals surface area contributed by atoms with Gasteiger partial charge in [0.1, 0.15) is 5.78 Å². The summed E-state index contributed by atoms with van der Waals surface area (Å²) in [6, 6.07) is 5.17. The number of rotatable bonds is 4. The highest BCUT2D eigenvalue weighted by molar-refractivity contribution is 9.09. The number of hydrogen-bond donors (Lipinski definition) is 1. The van der Waals surface area contributed by atoms with Gasteiger partial charge in [0, 0.05) is 11.4 Å². The van der Waals surface area contributed by atoms with Gasteiger partial charge < -0.3 is 5.11 Å². The number of alkyl halides is 1. The normalized spacial score (nSPS) is 10.2. The summed E-state index contributed by atoms with van der Waals surface area (Å²) in [4.78, 5) is 11.2. The van der Waals surface area contributed by atoms with E-state index in [0.717, 1.165) is 5.56 Å². The molecule has 0 bridgehead atoms. The lowest BCUT2D eigenvalue weighted by atomic mass is 10.0. The van der Waals surface area contributed by atoms with Crippen LogP contribution in [-0.4, -0.2) is 16.2 Å². The third kappa shape index (κ3) is 3.08. The molecule has 1 rings (SSSR count). The maximum Gasteiger partial charge on any atom is 0.147 e. The number of benzene rings is 1. The average Bonchev–Trinajstić information content (AvgIpc) is 2.20. The predicted octanol–water partition coefficient (Wildman–Crippen LogP) is 2.34. The van der Waals surface area contributed by atoms with E-state index in [1.54, 1.807) is 18.2 Å². The maximum absolute atomic E-state index is 11.2. The van der Waals surface area contributed by atoms with Crippen molar-refractivity contribution < 1.29 is 9.90 Å². The summed E-state index contributed by atoms with van der Waals surface area (Å²) in [6.07, 6.45) is 0.332. The number of ketones is 1. The van der Waals surface area contributed by atoms with Gasteiger partial charge in [0.2, 0.25) is 0 Å². The van der Waals surface area contributed by atoms with Crippen molar-refractivity contribution in [3.8, 4) is 0 Å². The van der Waals surface area contributed by atoms with E-state index in [9.17, 15) is 4.79 Å². The smallest absolute Gasteiger partial charge is 0.147 e. The van der Waals surface area contributed by atoms with Gasteiger partial charge in [-0.1, -0.05) is 33.6 Å².